The first kappa shape index (κ1) is 16.4. The van der Waals surface area contributed by atoms with E-state index < -0.39 is 0 Å². The minimum atomic E-state index is -0.176. The fourth-order valence-corrected chi connectivity index (χ4v) is 2.01. The van der Waals surface area contributed by atoms with Crippen LogP contribution in [0.3, 0.4) is 0 Å². The Morgan fingerprint density at radius 3 is 2.59 bits per heavy atom. The van der Waals surface area contributed by atoms with Gasteiger partial charge in [-0.3, -0.25) is 4.79 Å². The van der Waals surface area contributed by atoms with Gasteiger partial charge in [0.25, 0.3) is 0 Å². The summed E-state index contributed by atoms with van der Waals surface area (Å²) >= 11 is 1.51. The summed E-state index contributed by atoms with van der Waals surface area (Å²) in [6, 6.07) is -0.176. The Balaban J connectivity index is 0.00000256. The van der Waals surface area contributed by atoms with E-state index >= 15 is 0 Å². The molecule has 0 saturated carbocycles. The second-order valence-electron chi connectivity index (χ2n) is 3.83. The SMILES string of the molecule is CCCNC(C)C(=O)Nc1nc(C)c(C)s1.Cl. The van der Waals surface area contributed by atoms with E-state index in [2.05, 4.69) is 22.5 Å². The minimum Gasteiger partial charge on any atom is -0.306 e. The Morgan fingerprint density at radius 1 is 1.47 bits per heavy atom. The van der Waals surface area contributed by atoms with Crippen LogP contribution in [0.2, 0.25) is 0 Å². The van der Waals surface area contributed by atoms with Gasteiger partial charge in [-0.2, -0.15) is 0 Å². The van der Waals surface area contributed by atoms with Crippen LogP contribution >= 0.6 is 23.7 Å². The largest absolute Gasteiger partial charge is 0.306 e. The van der Waals surface area contributed by atoms with Crippen LogP contribution in [0.15, 0.2) is 0 Å². The van der Waals surface area contributed by atoms with Crippen LogP contribution in [0.4, 0.5) is 5.13 Å². The molecular weight excluding hydrogens is 258 g/mol. The zero-order chi connectivity index (χ0) is 12.1. The van der Waals surface area contributed by atoms with Crippen LogP contribution in [0, 0.1) is 13.8 Å². The number of hydrogen-bond acceptors (Lipinski definition) is 4. The molecule has 0 radical (unpaired) electrons. The molecule has 2 N–H and O–H groups in total. The van der Waals surface area contributed by atoms with Gasteiger partial charge < -0.3 is 10.6 Å². The highest BCUT2D eigenvalue weighted by atomic mass is 35.5. The van der Waals surface area contributed by atoms with Crippen LogP contribution in [0.1, 0.15) is 30.8 Å². The molecule has 0 spiro atoms. The highest BCUT2D eigenvalue weighted by Crippen LogP contribution is 2.20. The molecule has 17 heavy (non-hydrogen) atoms. The number of nitrogens with zero attached hydrogens (tertiary/aromatic N) is 1. The molecule has 0 saturated heterocycles. The van der Waals surface area contributed by atoms with Crippen LogP contribution in [-0.2, 0) is 4.79 Å². The summed E-state index contributed by atoms with van der Waals surface area (Å²) < 4.78 is 0. The highest BCUT2D eigenvalue weighted by molar-refractivity contribution is 7.15. The van der Waals surface area contributed by atoms with Crippen molar-refractivity contribution in [1.82, 2.24) is 10.3 Å². The van der Waals surface area contributed by atoms with Gasteiger partial charge >= 0.3 is 0 Å². The van der Waals surface area contributed by atoms with Crippen molar-refractivity contribution >= 4 is 34.8 Å². The van der Waals surface area contributed by atoms with Gasteiger partial charge in [-0.1, -0.05) is 6.92 Å². The minimum absolute atomic E-state index is 0. The highest BCUT2D eigenvalue weighted by Gasteiger charge is 2.13. The molecular formula is C11H20ClN3OS. The van der Waals surface area contributed by atoms with E-state index in [4.69, 9.17) is 0 Å². The van der Waals surface area contributed by atoms with Gasteiger partial charge in [0, 0.05) is 4.88 Å². The van der Waals surface area contributed by atoms with Crippen molar-refractivity contribution in [2.24, 2.45) is 0 Å². The molecule has 1 atom stereocenters. The Hall–Kier alpha value is -0.650. The zero-order valence-corrected chi connectivity index (χ0v) is 12.3. The number of anilines is 1. The molecule has 0 aromatic carbocycles. The van der Waals surface area contributed by atoms with Crippen molar-refractivity contribution in [3.8, 4) is 0 Å². The fourth-order valence-electron chi connectivity index (χ4n) is 1.19. The number of aryl methyl sites for hydroxylation is 2. The second kappa shape index (κ2) is 7.63. The number of carbonyl (C=O) groups is 1. The average Bonchev–Trinajstić information content (AvgIpc) is 2.54. The Labute approximate surface area is 113 Å². The Morgan fingerprint density at radius 2 is 2.12 bits per heavy atom. The Bertz CT molecular complexity index is 348. The van der Waals surface area contributed by atoms with Gasteiger partial charge in [-0.15, -0.1) is 23.7 Å². The molecule has 1 aromatic rings. The molecule has 4 nitrogen and oxygen atoms in total. The molecule has 0 aliphatic carbocycles. The average molecular weight is 278 g/mol. The van der Waals surface area contributed by atoms with E-state index in [1.807, 2.05) is 20.8 Å². The van der Waals surface area contributed by atoms with E-state index in [1.54, 1.807) is 0 Å². The lowest BCUT2D eigenvalue weighted by atomic mass is 10.3. The number of halogens is 1. The van der Waals surface area contributed by atoms with Gasteiger partial charge in [0.1, 0.15) is 0 Å². The lowest BCUT2D eigenvalue weighted by Crippen LogP contribution is -2.38. The maximum Gasteiger partial charge on any atom is 0.243 e. The number of carbonyl (C=O) groups excluding carboxylic acids is 1. The summed E-state index contributed by atoms with van der Waals surface area (Å²) in [5.41, 5.74) is 0.981. The predicted molar refractivity (Wildman–Crippen MR) is 75.2 cm³/mol. The fraction of sp³-hybridized carbons (Fsp3) is 0.636. The van der Waals surface area contributed by atoms with Crippen LogP contribution in [0.25, 0.3) is 0 Å². The first-order valence-electron chi connectivity index (χ1n) is 5.52. The summed E-state index contributed by atoms with van der Waals surface area (Å²) in [5.74, 6) is -0.0257. The molecule has 1 aromatic heterocycles. The topological polar surface area (TPSA) is 54.0 Å². The van der Waals surface area contributed by atoms with Crippen molar-refractivity contribution in [2.75, 3.05) is 11.9 Å². The number of thiazole rings is 1. The summed E-state index contributed by atoms with van der Waals surface area (Å²) in [6.07, 6.45) is 1.02. The van der Waals surface area contributed by atoms with E-state index in [-0.39, 0.29) is 24.4 Å². The third-order valence-corrected chi connectivity index (χ3v) is 3.34. The quantitative estimate of drug-likeness (QED) is 0.870. The number of rotatable bonds is 5. The number of nitrogens with one attached hydrogen (secondary N) is 2. The molecule has 1 heterocycles. The van der Waals surface area contributed by atoms with Crippen molar-refractivity contribution in [1.29, 1.82) is 0 Å². The summed E-state index contributed by atoms with van der Waals surface area (Å²) in [7, 11) is 0. The van der Waals surface area contributed by atoms with E-state index in [0.717, 1.165) is 23.5 Å². The maximum atomic E-state index is 11.7. The smallest absolute Gasteiger partial charge is 0.243 e. The lowest BCUT2D eigenvalue weighted by Gasteiger charge is -2.11. The monoisotopic (exact) mass is 277 g/mol. The van der Waals surface area contributed by atoms with Gasteiger partial charge in [0.05, 0.1) is 11.7 Å². The maximum absolute atomic E-state index is 11.7. The molecule has 6 heteroatoms. The third kappa shape index (κ3) is 5.02. The second-order valence-corrected chi connectivity index (χ2v) is 5.03. The normalized spacial score (nSPS) is 11.8. The van der Waals surface area contributed by atoms with E-state index in [1.165, 1.54) is 11.3 Å². The molecule has 98 valence electrons. The lowest BCUT2D eigenvalue weighted by molar-refractivity contribution is -0.117. The first-order valence-corrected chi connectivity index (χ1v) is 6.34. The standard InChI is InChI=1S/C11H19N3OS.ClH/c1-5-6-12-8(3)10(15)14-11-13-7(2)9(4)16-11;/h8,12H,5-6H2,1-4H3,(H,13,14,15);1H. The molecule has 0 bridgehead atoms. The number of amides is 1. The first-order chi connectivity index (χ1) is 7.54. The zero-order valence-electron chi connectivity index (χ0n) is 10.7. The van der Waals surface area contributed by atoms with Crippen molar-refractivity contribution in [3.63, 3.8) is 0 Å². The number of hydrogen-bond donors (Lipinski definition) is 2. The van der Waals surface area contributed by atoms with Gasteiger partial charge in [0.2, 0.25) is 5.91 Å². The van der Waals surface area contributed by atoms with E-state index in [9.17, 15) is 4.79 Å². The molecule has 1 rings (SSSR count). The van der Waals surface area contributed by atoms with Gasteiger partial charge in [-0.25, -0.2) is 4.98 Å². The number of aromatic nitrogens is 1. The van der Waals surface area contributed by atoms with Gasteiger partial charge in [-0.05, 0) is 33.7 Å². The molecule has 0 fully saturated rings. The third-order valence-electron chi connectivity index (χ3n) is 2.35. The van der Waals surface area contributed by atoms with Crippen LogP contribution in [0.5, 0.6) is 0 Å². The molecule has 0 aliphatic heterocycles. The van der Waals surface area contributed by atoms with Crippen molar-refractivity contribution < 1.29 is 4.79 Å². The van der Waals surface area contributed by atoms with Crippen LogP contribution in [-0.4, -0.2) is 23.5 Å². The predicted octanol–water partition coefficient (Wildman–Crippen LogP) is 2.51. The summed E-state index contributed by atoms with van der Waals surface area (Å²) in [5, 5.41) is 6.64. The van der Waals surface area contributed by atoms with Crippen molar-refractivity contribution in [2.45, 2.75) is 40.2 Å². The summed E-state index contributed by atoms with van der Waals surface area (Å²) in [6.45, 7) is 8.73. The molecule has 1 unspecified atom stereocenters. The summed E-state index contributed by atoms with van der Waals surface area (Å²) in [4.78, 5) is 17.1. The van der Waals surface area contributed by atoms with Gasteiger partial charge in [0.15, 0.2) is 5.13 Å². The van der Waals surface area contributed by atoms with Crippen LogP contribution < -0.4 is 10.6 Å². The van der Waals surface area contributed by atoms with E-state index in [0.29, 0.717) is 5.13 Å². The van der Waals surface area contributed by atoms with Crippen molar-refractivity contribution in [3.05, 3.63) is 10.6 Å². The molecule has 0 aliphatic rings. The molecule has 1 amide bonds. The Kier molecular flexibility index (Phi) is 7.34.